The Hall–Kier alpha value is -1.92. The van der Waals surface area contributed by atoms with Gasteiger partial charge >= 0.3 is 11.9 Å². The first-order valence-corrected chi connectivity index (χ1v) is 7.39. The number of ether oxygens (including phenoxy) is 1. The van der Waals surface area contributed by atoms with Crippen molar-refractivity contribution in [2.24, 2.45) is 5.92 Å². The lowest BCUT2D eigenvalue weighted by molar-refractivity contribution is -0.148. The van der Waals surface area contributed by atoms with Crippen molar-refractivity contribution in [1.29, 1.82) is 0 Å². The predicted octanol–water partition coefficient (Wildman–Crippen LogP) is 1.35. The van der Waals surface area contributed by atoms with Crippen molar-refractivity contribution in [2.75, 3.05) is 19.7 Å². The number of hydrogen-bond acceptors (Lipinski definition) is 5. The molecule has 0 aliphatic carbocycles. The lowest BCUT2D eigenvalue weighted by atomic mass is 10.0. The molecule has 1 aliphatic heterocycles. The summed E-state index contributed by atoms with van der Waals surface area (Å²) >= 11 is 0. The van der Waals surface area contributed by atoms with Crippen molar-refractivity contribution < 1.29 is 24.5 Å². The summed E-state index contributed by atoms with van der Waals surface area (Å²) in [6.45, 7) is 4.16. The monoisotopic (exact) mass is 309 g/mol. The largest absolute Gasteiger partial charge is 0.479 e. The number of carbonyl (C=O) groups excluding carboxylic acids is 1. The van der Waals surface area contributed by atoms with Gasteiger partial charge in [0.15, 0.2) is 6.10 Å². The summed E-state index contributed by atoms with van der Waals surface area (Å²) < 4.78 is 4.90. The van der Waals surface area contributed by atoms with Crippen LogP contribution in [0.3, 0.4) is 0 Å². The van der Waals surface area contributed by atoms with Crippen LogP contribution < -0.4 is 5.32 Å². The number of piperidine rings is 1. The number of aliphatic hydroxyl groups is 1. The van der Waals surface area contributed by atoms with Crippen LogP contribution in [0, 0.1) is 5.92 Å². The maximum atomic E-state index is 11.1. The zero-order valence-corrected chi connectivity index (χ0v) is 12.7. The molecule has 1 fully saturated rings. The van der Waals surface area contributed by atoms with Gasteiger partial charge in [-0.05, 0) is 31.9 Å². The molecule has 0 bridgehead atoms. The van der Waals surface area contributed by atoms with Crippen LogP contribution in [-0.4, -0.2) is 41.8 Å². The second-order valence-electron chi connectivity index (χ2n) is 4.95. The van der Waals surface area contributed by atoms with Gasteiger partial charge in [0.2, 0.25) is 0 Å². The molecular weight excluding hydrogens is 286 g/mol. The molecule has 2 atom stereocenters. The van der Waals surface area contributed by atoms with E-state index >= 15 is 0 Å². The molecule has 1 aromatic rings. The minimum Gasteiger partial charge on any atom is -0.479 e. The van der Waals surface area contributed by atoms with Crippen molar-refractivity contribution in [3.05, 3.63) is 35.9 Å². The first-order chi connectivity index (χ1) is 10.6. The Balaban J connectivity index is 0.000000220. The molecule has 6 heteroatoms. The molecule has 0 spiro atoms. The molecule has 1 aliphatic rings. The Morgan fingerprint density at radius 1 is 1.36 bits per heavy atom. The van der Waals surface area contributed by atoms with E-state index in [-0.39, 0.29) is 11.9 Å². The van der Waals surface area contributed by atoms with Crippen molar-refractivity contribution in [1.82, 2.24) is 5.32 Å². The van der Waals surface area contributed by atoms with Gasteiger partial charge in [0.05, 0.1) is 12.5 Å². The lowest BCUT2D eigenvalue weighted by Crippen LogP contribution is -2.35. The summed E-state index contributed by atoms with van der Waals surface area (Å²) in [6.07, 6.45) is 0.658. The maximum absolute atomic E-state index is 11.1. The summed E-state index contributed by atoms with van der Waals surface area (Å²) in [7, 11) is 0. The fourth-order valence-electron chi connectivity index (χ4n) is 2.09. The average Bonchev–Trinajstić information content (AvgIpc) is 2.56. The van der Waals surface area contributed by atoms with E-state index in [0.717, 1.165) is 25.9 Å². The molecule has 1 saturated heterocycles. The number of nitrogens with one attached hydrogen (secondary N) is 1. The quantitative estimate of drug-likeness (QED) is 0.727. The van der Waals surface area contributed by atoms with E-state index in [0.29, 0.717) is 12.2 Å². The molecule has 0 aromatic heterocycles. The Morgan fingerprint density at radius 2 is 2.05 bits per heavy atom. The van der Waals surface area contributed by atoms with Gasteiger partial charge in [-0.1, -0.05) is 30.3 Å². The third kappa shape index (κ3) is 6.24. The Labute approximate surface area is 130 Å². The third-order valence-corrected chi connectivity index (χ3v) is 3.27. The number of carbonyl (C=O) groups is 2. The van der Waals surface area contributed by atoms with Gasteiger partial charge in [-0.25, -0.2) is 4.79 Å². The molecule has 122 valence electrons. The van der Waals surface area contributed by atoms with E-state index in [1.807, 2.05) is 6.92 Å². The van der Waals surface area contributed by atoms with Crippen molar-refractivity contribution in [3.63, 3.8) is 0 Å². The van der Waals surface area contributed by atoms with Gasteiger partial charge in [-0.15, -0.1) is 0 Å². The number of aliphatic hydroxyl groups excluding tert-OH is 1. The van der Waals surface area contributed by atoms with E-state index in [9.17, 15) is 9.59 Å². The zero-order valence-electron chi connectivity index (χ0n) is 12.7. The number of carboxylic acid groups (broad SMARTS) is 1. The summed E-state index contributed by atoms with van der Waals surface area (Å²) in [4.78, 5) is 21.4. The summed E-state index contributed by atoms with van der Waals surface area (Å²) in [6, 6.07) is 8.26. The Morgan fingerprint density at radius 3 is 2.55 bits per heavy atom. The minimum atomic E-state index is -1.41. The fourth-order valence-corrected chi connectivity index (χ4v) is 2.09. The highest BCUT2D eigenvalue weighted by Crippen LogP contribution is 2.11. The van der Waals surface area contributed by atoms with Gasteiger partial charge in [0, 0.05) is 6.54 Å². The molecule has 1 heterocycles. The lowest BCUT2D eigenvalue weighted by Gasteiger charge is -2.20. The number of benzene rings is 1. The van der Waals surface area contributed by atoms with Crippen molar-refractivity contribution in [2.45, 2.75) is 25.9 Å². The second-order valence-corrected chi connectivity index (χ2v) is 4.95. The molecule has 2 rings (SSSR count). The van der Waals surface area contributed by atoms with E-state index < -0.39 is 12.1 Å². The molecule has 22 heavy (non-hydrogen) atoms. The zero-order chi connectivity index (χ0) is 16.4. The van der Waals surface area contributed by atoms with Gasteiger partial charge in [-0.3, -0.25) is 4.79 Å². The molecule has 0 unspecified atom stereocenters. The number of carboxylic acids is 1. The number of rotatable bonds is 4. The smallest absolute Gasteiger partial charge is 0.337 e. The van der Waals surface area contributed by atoms with E-state index in [4.69, 9.17) is 14.9 Å². The SMILES string of the molecule is CCOC(=O)[C@H]1CCCNC1.O=C(O)[C@@H](O)c1ccccc1. The van der Waals surface area contributed by atoms with E-state index in [1.165, 1.54) is 0 Å². The molecule has 1 aromatic carbocycles. The highest BCUT2D eigenvalue weighted by molar-refractivity contribution is 5.74. The predicted molar refractivity (Wildman–Crippen MR) is 81.3 cm³/mol. The third-order valence-electron chi connectivity index (χ3n) is 3.27. The Kier molecular flexibility index (Phi) is 8.17. The molecular formula is C16H23NO5. The molecule has 0 amide bonds. The van der Waals surface area contributed by atoms with Crippen LogP contribution in [0.5, 0.6) is 0 Å². The first-order valence-electron chi connectivity index (χ1n) is 7.39. The highest BCUT2D eigenvalue weighted by atomic mass is 16.5. The van der Waals surface area contributed by atoms with Crippen LogP contribution in [0.4, 0.5) is 0 Å². The topological polar surface area (TPSA) is 95.9 Å². The molecule has 3 N–H and O–H groups in total. The summed E-state index contributed by atoms with van der Waals surface area (Å²) in [5.74, 6) is -1.17. The molecule has 0 radical (unpaired) electrons. The first kappa shape index (κ1) is 18.1. The van der Waals surface area contributed by atoms with Crippen LogP contribution >= 0.6 is 0 Å². The fraction of sp³-hybridized carbons (Fsp3) is 0.500. The van der Waals surface area contributed by atoms with Crippen LogP contribution in [0.2, 0.25) is 0 Å². The van der Waals surface area contributed by atoms with Crippen molar-refractivity contribution in [3.8, 4) is 0 Å². The van der Waals surface area contributed by atoms with Gasteiger partial charge in [-0.2, -0.15) is 0 Å². The van der Waals surface area contributed by atoms with Crippen LogP contribution in [-0.2, 0) is 14.3 Å². The minimum absolute atomic E-state index is 0.0419. The number of esters is 1. The maximum Gasteiger partial charge on any atom is 0.337 e. The van der Waals surface area contributed by atoms with E-state index in [1.54, 1.807) is 30.3 Å². The Bertz CT molecular complexity index is 457. The van der Waals surface area contributed by atoms with Crippen LogP contribution in [0.25, 0.3) is 0 Å². The van der Waals surface area contributed by atoms with Crippen LogP contribution in [0.1, 0.15) is 31.4 Å². The highest BCUT2D eigenvalue weighted by Gasteiger charge is 2.21. The van der Waals surface area contributed by atoms with Crippen LogP contribution in [0.15, 0.2) is 30.3 Å². The standard InChI is InChI=1S/C8H15NO2.C8H8O3/c1-2-11-8(10)7-4-3-5-9-6-7;9-7(8(10)11)6-4-2-1-3-5-6/h7,9H,2-6H2,1H3;1-5,7,9H,(H,10,11)/t2*7-/m00/s1. The van der Waals surface area contributed by atoms with Gasteiger partial charge in [0.25, 0.3) is 0 Å². The number of hydrogen-bond donors (Lipinski definition) is 3. The molecule has 0 saturated carbocycles. The summed E-state index contributed by atoms with van der Waals surface area (Å²) in [5, 5.41) is 20.6. The summed E-state index contributed by atoms with van der Waals surface area (Å²) in [5.41, 5.74) is 0.403. The van der Waals surface area contributed by atoms with Gasteiger partial charge < -0.3 is 20.3 Å². The molecule has 6 nitrogen and oxygen atoms in total. The number of aliphatic carboxylic acids is 1. The second kappa shape index (κ2) is 9.92. The van der Waals surface area contributed by atoms with Gasteiger partial charge in [0.1, 0.15) is 0 Å². The normalized spacial score (nSPS) is 18.5. The average molecular weight is 309 g/mol. The van der Waals surface area contributed by atoms with E-state index in [2.05, 4.69) is 5.32 Å². The van der Waals surface area contributed by atoms with Crippen molar-refractivity contribution >= 4 is 11.9 Å².